The van der Waals surface area contributed by atoms with Crippen LogP contribution in [0.5, 0.6) is 5.75 Å². The lowest BCUT2D eigenvalue weighted by molar-refractivity contribution is -0.143. The third-order valence-corrected chi connectivity index (χ3v) is 7.40. The van der Waals surface area contributed by atoms with E-state index in [9.17, 15) is 14.7 Å². The number of hydrogen-bond acceptors (Lipinski definition) is 7. The summed E-state index contributed by atoms with van der Waals surface area (Å²) in [6.07, 6.45) is 6.22. The number of carboxylic acid groups (broad SMARTS) is 1. The molecule has 0 aromatic carbocycles. The van der Waals surface area contributed by atoms with E-state index in [0.29, 0.717) is 37.4 Å². The number of aromatic nitrogens is 3. The van der Waals surface area contributed by atoms with Crippen molar-refractivity contribution in [1.82, 2.24) is 19.7 Å². The Morgan fingerprint density at radius 2 is 2.09 bits per heavy atom. The molecule has 10 heteroatoms. The van der Waals surface area contributed by atoms with Crippen LogP contribution >= 0.6 is 0 Å². The average Bonchev–Trinajstić information content (AvgIpc) is 3.24. The zero-order valence-electron chi connectivity index (χ0n) is 20.2. The number of rotatable bonds is 6. The highest BCUT2D eigenvalue weighted by molar-refractivity contribution is 5.70. The van der Waals surface area contributed by atoms with E-state index in [0.717, 1.165) is 42.6 Å². The van der Waals surface area contributed by atoms with Gasteiger partial charge in [0.15, 0.2) is 0 Å². The zero-order valence-corrected chi connectivity index (χ0v) is 20.2. The highest BCUT2D eigenvalue weighted by Crippen LogP contribution is 2.31. The van der Waals surface area contributed by atoms with E-state index >= 15 is 0 Å². The Hall–Kier alpha value is -3.14. The summed E-state index contributed by atoms with van der Waals surface area (Å²) in [6, 6.07) is 3.82. The summed E-state index contributed by atoms with van der Waals surface area (Å²) in [5.74, 6) is -0.451. The molecule has 4 atom stereocenters. The van der Waals surface area contributed by atoms with E-state index in [2.05, 4.69) is 5.10 Å². The normalized spacial score (nSPS) is 25.9. The number of pyridine rings is 1. The predicted molar refractivity (Wildman–Crippen MR) is 125 cm³/mol. The Labute approximate surface area is 204 Å². The molecule has 3 aliphatic heterocycles. The number of nitrogens with zero attached hydrogens (tertiary/aromatic N) is 4. The molecule has 5 heterocycles. The van der Waals surface area contributed by atoms with Gasteiger partial charge in [-0.3, -0.25) is 9.48 Å². The molecule has 4 fully saturated rings. The van der Waals surface area contributed by atoms with Crippen LogP contribution in [0.15, 0.2) is 18.3 Å². The van der Waals surface area contributed by atoms with Crippen LogP contribution < -0.4 is 4.74 Å². The van der Waals surface area contributed by atoms with Crippen molar-refractivity contribution in [2.24, 2.45) is 13.0 Å². The van der Waals surface area contributed by atoms with E-state index in [1.165, 1.54) is 0 Å². The number of morpholine rings is 1. The standard InChI is InChI=1S/C25H32N4O6/c1-15-23(35-18-5-3-4-16(10-18)24(30)31)9-8-21(27-15)20-11-26-28(2)22(20)14-34-25(32)29-12-19-7-6-17(29)13-33-19/h8-9,11,16-19H,3-7,10,12-14H2,1-2H3,(H,30,31)/t16?,17?,18-,19?/m0/s1. The Kier molecular flexibility index (Phi) is 6.64. The summed E-state index contributed by atoms with van der Waals surface area (Å²) >= 11 is 0. The molecule has 1 amide bonds. The molecule has 3 unspecified atom stereocenters. The van der Waals surface area contributed by atoms with Gasteiger partial charge in [-0.2, -0.15) is 5.10 Å². The van der Waals surface area contributed by atoms with E-state index in [-0.39, 0.29) is 36.9 Å². The van der Waals surface area contributed by atoms with Crippen molar-refractivity contribution >= 4 is 12.1 Å². The van der Waals surface area contributed by atoms with Crippen LogP contribution in [0.25, 0.3) is 11.3 Å². The van der Waals surface area contributed by atoms with Crippen LogP contribution in [0.4, 0.5) is 4.79 Å². The second-order valence-electron chi connectivity index (χ2n) is 9.74. The van der Waals surface area contributed by atoms with Gasteiger partial charge in [-0.25, -0.2) is 9.78 Å². The Bertz CT molecular complexity index is 1090. The van der Waals surface area contributed by atoms with E-state index in [1.54, 1.807) is 15.8 Å². The van der Waals surface area contributed by atoms with Crippen LogP contribution in [-0.2, 0) is 27.9 Å². The van der Waals surface area contributed by atoms with Gasteiger partial charge in [-0.05, 0) is 57.6 Å². The maximum absolute atomic E-state index is 12.7. The molecule has 6 rings (SSSR count). The van der Waals surface area contributed by atoms with Gasteiger partial charge in [0.2, 0.25) is 0 Å². The summed E-state index contributed by atoms with van der Waals surface area (Å²) in [5, 5.41) is 13.7. The summed E-state index contributed by atoms with van der Waals surface area (Å²) in [6.45, 7) is 3.13. The smallest absolute Gasteiger partial charge is 0.410 e. The van der Waals surface area contributed by atoms with Crippen molar-refractivity contribution in [3.8, 4) is 17.0 Å². The molecule has 1 saturated carbocycles. The number of aryl methyl sites for hydroxylation is 2. The molecule has 0 radical (unpaired) electrons. The number of carbonyl (C=O) groups excluding carboxylic acids is 1. The molecule has 35 heavy (non-hydrogen) atoms. The molecule has 1 N–H and O–H groups in total. The number of ether oxygens (including phenoxy) is 3. The predicted octanol–water partition coefficient (Wildman–Crippen LogP) is 3.31. The van der Waals surface area contributed by atoms with Crippen molar-refractivity contribution in [2.45, 2.75) is 70.3 Å². The number of aliphatic carboxylic acids is 1. The van der Waals surface area contributed by atoms with Gasteiger partial charge < -0.3 is 24.2 Å². The van der Waals surface area contributed by atoms with Crippen LogP contribution in [0, 0.1) is 12.8 Å². The maximum Gasteiger partial charge on any atom is 0.410 e. The van der Waals surface area contributed by atoms with Gasteiger partial charge in [0.25, 0.3) is 0 Å². The number of hydrogen-bond donors (Lipinski definition) is 1. The molecule has 10 nitrogen and oxygen atoms in total. The van der Waals surface area contributed by atoms with Crippen LogP contribution in [0.3, 0.4) is 0 Å². The maximum atomic E-state index is 12.7. The lowest BCUT2D eigenvalue weighted by atomic mass is 9.87. The fraction of sp³-hybridized carbons (Fsp3) is 0.600. The first-order valence-electron chi connectivity index (χ1n) is 12.3. The molecule has 1 aliphatic carbocycles. The first-order chi connectivity index (χ1) is 16.9. The van der Waals surface area contributed by atoms with Crippen LogP contribution in [0.2, 0.25) is 0 Å². The molecule has 2 bridgehead atoms. The van der Waals surface area contributed by atoms with Gasteiger partial charge in [0, 0.05) is 12.6 Å². The third kappa shape index (κ3) is 4.98. The second kappa shape index (κ2) is 9.85. The fourth-order valence-corrected chi connectivity index (χ4v) is 5.31. The summed E-state index contributed by atoms with van der Waals surface area (Å²) in [5.41, 5.74) is 2.98. The van der Waals surface area contributed by atoms with E-state index < -0.39 is 5.97 Å². The van der Waals surface area contributed by atoms with E-state index in [1.807, 2.05) is 26.1 Å². The van der Waals surface area contributed by atoms with Crippen molar-refractivity contribution in [3.63, 3.8) is 0 Å². The Balaban J connectivity index is 1.25. The molecular weight excluding hydrogens is 452 g/mol. The Morgan fingerprint density at radius 3 is 2.77 bits per heavy atom. The van der Waals surface area contributed by atoms with Crippen molar-refractivity contribution < 1.29 is 28.9 Å². The minimum atomic E-state index is -0.755. The average molecular weight is 485 g/mol. The number of fused-ring (bicyclic) bond motifs is 3. The molecule has 0 spiro atoms. The SMILES string of the molecule is Cc1nc(-c2cnn(C)c2COC(=O)N2CC3CCC2CO3)ccc1O[C@H]1CCCC(C(=O)O)C1. The first-order valence-corrected chi connectivity index (χ1v) is 12.3. The number of amides is 1. The van der Waals surface area contributed by atoms with Crippen LogP contribution in [-0.4, -0.2) is 68.2 Å². The molecular formula is C25H32N4O6. The number of piperidine rings is 1. The lowest BCUT2D eigenvalue weighted by Gasteiger charge is -2.44. The van der Waals surface area contributed by atoms with Gasteiger partial charge >= 0.3 is 12.1 Å². The van der Waals surface area contributed by atoms with Crippen molar-refractivity contribution in [3.05, 3.63) is 29.7 Å². The highest BCUT2D eigenvalue weighted by atomic mass is 16.6. The summed E-state index contributed by atoms with van der Waals surface area (Å²) in [4.78, 5) is 30.6. The highest BCUT2D eigenvalue weighted by Gasteiger charge is 2.38. The number of carboxylic acids is 1. The second-order valence-corrected chi connectivity index (χ2v) is 9.74. The topological polar surface area (TPSA) is 116 Å². The van der Waals surface area contributed by atoms with Gasteiger partial charge in [0.1, 0.15) is 12.4 Å². The number of carbonyl (C=O) groups is 2. The lowest BCUT2D eigenvalue weighted by Crippen LogP contribution is -2.56. The van der Waals surface area contributed by atoms with Crippen LogP contribution in [0.1, 0.15) is 49.9 Å². The monoisotopic (exact) mass is 484 g/mol. The molecule has 2 aromatic rings. The van der Waals surface area contributed by atoms with Gasteiger partial charge in [0.05, 0.1) is 60.6 Å². The summed E-state index contributed by atoms with van der Waals surface area (Å²) < 4.78 is 19.2. The van der Waals surface area contributed by atoms with Crippen molar-refractivity contribution in [2.75, 3.05) is 13.2 Å². The quantitative estimate of drug-likeness (QED) is 0.664. The van der Waals surface area contributed by atoms with E-state index in [4.69, 9.17) is 19.2 Å². The largest absolute Gasteiger partial charge is 0.489 e. The minimum Gasteiger partial charge on any atom is -0.489 e. The Morgan fingerprint density at radius 1 is 1.23 bits per heavy atom. The minimum absolute atomic E-state index is 0.0883. The first kappa shape index (κ1) is 23.6. The van der Waals surface area contributed by atoms with Gasteiger partial charge in [-0.1, -0.05) is 0 Å². The molecule has 4 aliphatic rings. The summed E-state index contributed by atoms with van der Waals surface area (Å²) in [7, 11) is 1.82. The third-order valence-electron chi connectivity index (χ3n) is 7.40. The zero-order chi connectivity index (χ0) is 24.5. The molecule has 188 valence electrons. The molecule has 3 saturated heterocycles. The van der Waals surface area contributed by atoms with Crippen molar-refractivity contribution in [1.29, 1.82) is 0 Å². The fourth-order valence-electron chi connectivity index (χ4n) is 5.31. The molecule has 2 aromatic heterocycles. The van der Waals surface area contributed by atoms with Gasteiger partial charge in [-0.15, -0.1) is 0 Å².